The Kier molecular flexibility index (Phi) is 6.11. The van der Waals surface area contributed by atoms with Gasteiger partial charge in [0.25, 0.3) is 5.91 Å². The Labute approximate surface area is 169 Å². The molecule has 144 valence electrons. The number of benzene rings is 2. The van der Waals surface area contributed by atoms with Gasteiger partial charge in [0.15, 0.2) is 0 Å². The molecule has 0 aromatic heterocycles. The van der Waals surface area contributed by atoms with Crippen LogP contribution >= 0.6 is 23.2 Å². The van der Waals surface area contributed by atoms with Crippen molar-refractivity contribution in [2.45, 2.75) is 24.7 Å². The van der Waals surface area contributed by atoms with Crippen LogP contribution in [0, 0.1) is 5.92 Å². The number of hydrogen-bond donors (Lipinski definition) is 1. The summed E-state index contributed by atoms with van der Waals surface area (Å²) >= 11 is 12.0. The van der Waals surface area contributed by atoms with E-state index in [9.17, 15) is 13.2 Å². The molecule has 2 aromatic rings. The second-order valence-electron chi connectivity index (χ2n) is 6.69. The molecule has 1 atom stereocenters. The molecule has 1 fully saturated rings. The van der Waals surface area contributed by atoms with Crippen molar-refractivity contribution >= 4 is 44.8 Å². The molecule has 1 aliphatic heterocycles. The predicted molar refractivity (Wildman–Crippen MR) is 108 cm³/mol. The number of anilines is 1. The lowest BCUT2D eigenvalue weighted by Gasteiger charge is -2.30. The van der Waals surface area contributed by atoms with Crippen molar-refractivity contribution in [3.05, 3.63) is 58.1 Å². The number of amides is 1. The Morgan fingerprint density at radius 2 is 1.85 bits per heavy atom. The summed E-state index contributed by atoms with van der Waals surface area (Å²) < 4.78 is 27.1. The average Bonchev–Trinajstić information content (AvgIpc) is 2.65. The molecule has 2 aromatic carbocycles. The quantitative estimate of drug-likeness (QED) is 0.772. The molecule has 0 saturated carbocycles. The van der Waals surface area contributed by atoms with Gasteiger partial charge < -0.3 is 5.32 Å². The molecule has 0 unspecified atom stereocenters. The largest absolute Gasteiger partial charge is 0.321 e. The van der Waals surface area contributed by atoms with Gasteiger partial charge in [0.05, 0.1) is 20.6 Å². The number of piperidine rings is 1. The number of hydrogen-bond acceptors (Lipinski definition) is 3. The van der Waals surface area contributed by atoms with Crippen LogP contribution in [0.4, 0.5) is 5.69 Å². The number of nitrogens with zero attached hydrogens (tertiary/aromatic N) is 1. The lowest BCUT2D eigenvalue weighted by molar-refractivity contribution is 0.102. The number of rotatable bonds is 4. The van der Waals surface area contributed by atoms with Crippen LogP contribution in [0.25, 0.3) is 0 Å². The van der Waals surface area contributed by atoms with E-state index in [2.05, 4.69) is 12.2 Å². The highest BCUT2D eigenvalue weighted by Crippen LogP contribution is 2.30. The Bertz CT molecular complexity index is 946. The maximum Gasteiger partial charge on any atom is 0.255 e. The van der Waals surface area contributed by atoms with Crippen LogP contribution in [0.5, 0.6) is 0 Å². The zero-order chi connectivity index (χ0) is 19.6. The first-order chi connectivity index (χ1) is 12.8. The van der Waals surface area contributed by atoms with Crippen LogP contribution < -0.4 is 5.32 Å². The van der Waals surface area contributed by atoms with Crippen LogP contribution in [0.2, 0.25) is 10.0 Å². The summed E-state index contributed by atoms with van der Waals surface area (Å²) in [4.78, 5) is 12.6. The minimum atomic E-state index is -3.55. The monoisotopic (exact) mass is 426 g/mol. The number of halogens is 2. The molecule has 0 aliphatic carbocycles. The highest BCUT2D eigenvalue weighted by molar-refractivity contribution is 7.89. The Balaban J connectivity index is 1.76. The minimum Gasteiger partial charge on any atom is -0.321 e. The molecule has 27 heavy (non-hydrogen) atoms. The topological polar surface area (TPSA) is 66.5 Å². The SMILES string of the molecule is C[C@H]1CCCN(S(=O)(=O)c2ccc(C(=O)Nc3cccc(Cl)c3Cl)cc2)C1. The lowest BCUT2D eigenvalue weighted by atomic mass is 10.0. The van der Waals surface area contributed by atoms with Crippen molar-refractivity contribution in [2.75, 3.05) is 18.4 Å². The lowest BCUT2D eigenvalue weighted by Crippen LogP contribution is -2.39. The molecular formula is C19H20Cl2N2O3S. The van der Waals surface area contributed by atoms with Gasteiger partial charge in [0, 0.05) is 18.7 Å². The van der Waals surface area contributed by atoms with Gasteiger partial charge in [0.1, 0.15) is 0 Å². The van der Waals surface area contributed by atoms with Crippen molar-refractivity contribution in [2.24, 2.45) is 5.92 Å². The number of carbonyl (C=O) groups is 1. The van der Waals surface area contributed by atoms with Crippen molar-refractivity contribution < 1.29 is 13.2 Å². The summed E-state index contributed by atoms with van der Waals surface area (Å²) in [6, 6.07) is 10.9. The molecular weight excluding hydrogens is 407 g/mol. The van der Waals surface area contributed by atoms with E-state index in [0.717, 1.165) is 12.8 Å². The fourth-order valence-corrected chi connectivity index (χ4v) is 5.03. The Hall–Kier alpha value is -1.60. The van der Waals surface area contributed by atoms with Crippen LogP contribution in [0.15, 0.2) is 47.4 Å². The van der Waals surface area contributed by atoms with Crippen LogP contribution in [0.1, 0.15) is 30.1 Å². The first kappa shape index (κ1) is 20.1. The van der Waals surface area contributed by atoms with Gasteiger partial charge in [-0.05, 0) is 55.2 Å². The van der Waals surface area contributed by atoms with Gasteiger partial charge in [-0.2, -0.15) is 4.31 Å². The van der Waals surface area contributed by atoms with E-state index in [4.69, 9.17) is 23.2 Å². The normalized spacial score (nSPS) is 18.3. The Morgan fingerprint density at radius 1 is 1.15 bits per heavy atom. The first-order valence-electron chi connectivity index (χ1n) is 8.64. The van der Waals surface area contributed by atoms with Gasteiger partial charge in [-0.15, -0.1) is 0 Å². The smallest absolute Gasteiger partial charge is 0.255 e. The third-order valence-electron chi connectivity index (χ3n) is 4.57. The van der Waals surface area contributed by atoms with E-state index in [1.165, 1.54) is 28.6 Å². The Morgan fingerprint density at radius 3 is 2.52 bits per heavy atom. The molecule has 0 spiro atoms. The first-order valence-corrected chi connectivity index (χ1v) is 10.8. The molecule has 5 nitrogen and oxygen atoms in total. The van der Waals surface area contributed by atoms with Gasteiger partial charge in [-0.1, -0.05) is 36.2 Å². The zero-order valence-electron chi connectivity index (χ0n) is 14.8. The number of carbonyl (C=O) groups excluding carboxylic acids is 1. The average molecular weight is 427 g/mol. The maximum atomic E-state index is 12.8. The summed E-state index contributed by atoms with van der Waals surface area (Å²) in [6.07, 6.45) is 1.90. The minimum absolute atomic E-state index is 0.189. The standard InChI is InChI=1S/C19H20Cl2N2O3S/c1-13-4-3-11-23(12-13)27(25,26)15-9-7-14(8-10-15)19(24)22-17-6-2-5-16(20)18(17)21/h2,5-10,13H,3-4,11-12H2,1H3,(H,22,24)/t13-/m0/s1. The van der Waals surface area contributed by atoms with Crippen LogP contribution in [-0.4, -0.2) is 31.7 Å². The molecule has 1 amide bonds. The molecule has 1 aliphatic rings. The van der Waals surface area contributed by atoms with E-state index in [1.54, 1.807) is 18.2 Å². The third-order valence-corrected chi connectivity index (χ3v) is 7.27. The molecule has 3 rings (SSSR count). The summed E-state index contributed by atoms with van der Waals surface area (Å²) in [5.41, 5.74) is 0.727. The highest BCUT2D eigenvalue weighted by atomic mass is 35.5. The number of sulfonamides is 1. The molecule has 0 bridgehead atoms. The summed E-state index contributed by atoms with van der Waals surface area (Å²) in [5.74, 6) is -0.0456. The van der Waals surface area contributed by atoms with Crippen molar-refractivity contribution in [3.63, 3.8) is 0 Å². The molecule has 8 heteroatoms. The molecule has 1 heterocycles. The molecule has 1 saturated heterocycles. The molecule has 0 radical (unpaired) electrons. The highest BCUT2D eigenvalue weighted by Gasteiger charge is 2.28. The maximum absolute atomic E-state index is 12.8. The van der Waals surface area contributed by atoms with Crippen molar-refractivity contribution in [1.29, 1.82) is 0 Å². The third kappa shape index (κ3) is 4.46. The summed E-state index contributed by atoms with van der Waals surface area (Å²) in [5, 5.41) is 3.27. The summed E-state index contributed by atoms with van der Waals surface area (Å²) in [6.45, 7) is 3.11. The van der Waals surface area contributed by atoms with Crippen LogP contribution in [-0.2, 0) is 10.0 Å². The van der Waals surface area contributed by atoms with E-state index in [1.807, 2.05) is 0 Å². The van der Waals surface area contributed by atoms with E-state index in [-0.39, 0.29) is 9.92 Å². The second kappa shape index (κ2) is 8.19. The summed E-state index contributed by atoms with van der Waals surface area (Å²) in [7, 11) is -3.55. The van der Waals surface area contributed by atoms with Crippen molar-refractivity contribution in [1.82, 2.24) is 4.31 Å². The van der Waals surface area contributed by atoms with Crippen molar-refractivity contribution in [3.8, 4) is 0 Å². The zero-order valence-corrected chi connectivity index (χ0v) is 17.1. The van der Waals surface area contributed by atoms with E-state index < -0.39 is 15.9 Å². The fraction of sp³-hybridized carbons (Fsp3) is 0.316. The molecule has 1 N–H and O–H groups in total. The fourth-order valence-electron chi connectivity index (χ4n) is 3.09. The predicted octanol–water partition coefficient (Wildman–Crippen LogP) is 4.67. The van der Waals surface area contributed by atoms with Gasteiger partial charge in [0.2, 0.25) is 10.0 Å². The number of nitrogens with one attached hydrogen (secondary N) is 1. The second-order valence-corrected chi connectivity index (χ2v) is 9.41. The van der Waals surface area contributed by atoms with Gasteiger partial charge >= 0.3 is 0 Å². The van der Waals surface area contributed by atoms with E-state index >= 15 is 0 Å². The van der Waals surface area contributed by atoms with E-state index in [0.29, 0.717) is 35.3 Å². The van der Waals surface area contributed by atoms with Gasteiger partial charge in [-0.25, -0.2) is 8.42 Å². The van der Waals surface area contributed by atoms with Gasteiger partial charge in [-0.3, -0.25) is 4.79 Å². The van der Waals surface area contributed by atoms with Crippen LogP contribution in [0.3, 0.4) is 0 Å².